The lowest BCUT2D eigenvalue weighted by Crippen LogP contribution is -2.29. The predicted octanol–water partition coefficient (Wildman–Crippen LogP) is 2.12. The minimum atomic E-state index is -0.104. The molecule has 1 aromatic rings. The number of rotatable bonds is 4. The molecule has 0 heterocycles. The Labute approximate surface area is 104 Å². The Bertz CT molecular complexity index is 396. The summed E-state index contributed by atoms with van der Waals surface area (Å²) in [4.78, 5) is 11.2. The monoisotopic (exact) mass is 261 g/mol. The lowest BCUT2D eigenvalue weighted by atomic mass is 10.2. The fourth-order valence-corrected chi connectivity index (χ4v) is 1.49. The van der Waals surface area contributed by atoms with Gasteiger partial charge in [0.1, 0.15) is 0 Å². The Morgan fingerprint density at radius 3 is 2.62 bits per heavy atom. The maximum Gasteiger partial charge on any atom is 0.239 e. The van der Waals surface area contributed by atoms with Gasteiger partial charge in [-0.05, 0) is 19.1 Å². The molecule has 1 rings (SSSR count). The predicted molar refractivity (Wildman–Crippen MR) is 68.0 cm³/mol. The molecule has 0 atom stereocenters. The van der Waals surface area contributed by atoms with Gasteiger partial charge >= 0.3 is 0 Å². The lowest BCUT2D eigenvalue weighted by molar-refractivity contribution is -0.119. The summed E-state index contributed by atoms with van der Waals surface area (Å²) in [5.41, 5.74) is 6.77. The number of hydrogen-bond acceptors (Lipinski definition) is 3. The van der Waals surface area contributed by atoms with E-state index in [2.05, 4.69) is 10.6 Å². The number of halogens is 2. The number of carbonyl (C=O) groups excluding carboxylic acids is 1. The average Bonchev–Trinajstić information content (AvgIpc) is 2.22. The van der Waals surface area contributed by atoms with Crippen LogP contribution in [0.2, 0.25) is 10.0 Å². The fraction of sp³-hybridized carbons (Fsp3) is 0.300. The van der Waals surface area contributed by atoms with Gasteiger partial charge < -0.3 is 16.4 Å². The van der Waals surface area contributed by atoms with Crippen LogP contribution in [0.15, 0.2) is 12.1 Å². The molecule has 0 radical (unpaired) electrons. The number of amides is 1. The molecular formula is C10H13Cl2N3O. The minimum Gasteiger partial charge on any atom is -0.397 e. The number of nitrogens with one attached hydrogen (secondary N) is 2. The highest BCUT2D eigenvalue weighted by molar-refractivity contribution is 6.42. The molecule has 0 bridgehead atoms. The van der Waals surface area contributed by atoms with Gasteiger partial charge in [0, 0.05) is 6.54 Å². The topological polar surface area (TPSA) is 67.2 Å². The molecule has 6 heteroatoms. The first kappa shape index (κ1) is 12.9. The van der Waals surface area contributed by atoms with Gasteiger partial charge in [-0.15, -0.1) is 0 Å². The van der Waals surface area contributed by atoms with Crippen LogP contribution in [-0.2, 0) is 4.79 Å². The van der Waals surface area contributed by atoms with Crippen molar-refractivity contribution >= 4 is 40.5 Å². The second-order valence-corrected chi connectivity index (χ2v) is 3.98. The Hall–Kier alpha value is -1.13. The molecule has 0 aliphatic rings. The van der Waals surface area contributed by atoms with Crippen molar-refractivity contribution < 1.29 is 4.79 Å². The van der Waals surface area contributed by atoms with Crippen molar-refractivity contribution in [3.8, 4) is 0 Å². The molecule has 0 aromatic heterocycles. The highest BCUT2D eigenvalue weighted by Gasteiger charge is 2.06. The van der Waals surface area contributed by atoms with Crippen molar-refractivity contribution in [1.29, 1.82) is 0 Å². The molecular weight excluding hydrogens is 249 g/mol. The third kappa shape index (κ3) is 3.47. The molecule has 0 saturated carbocycles. The Balaban J connectivity index is 2.67. The molecule has 0 saturated heterocycles. The van der Waals surface area contributed by atoms with Gasteiger partial charge in [0.25, 0.3) is 0 Å². The summed E-state index contributed by atoms with van der Waals surface area (Å²) in [7, 11) is 0. The van der Waals surface area contributed by atoms with Gasteiger partial charge in [0.15, 0.2) is 0 Å². The van der Waals surface area contributed by atoms with Crippen LogP contribution < -0.4 is 16.4 Å². The number of nitrogen functional groups attached to an aromatic ring is 1. The lowest BCUT2D eigenvalue weighted by Gasteiger charge is -2.10. The van der Waals surface area contributed by atoms with E-state index in [4.69, 9.17) is 28.9 Å². The van der Waals surface area contributed by atoms with E-state index < -0.39 is 0 Å². The highest BCUT2D eigenvalue weighted by Crippen LogP contribution is 2.30. The zero-order valence-electron chi connectivity index (χ0n) is 8.81. The summed E-state index contributed by atoms with van der Waals surface area (Å²) in [6.07, 6.45) is 0. The number of hydrogen-bond donors (Lipinski definition) is 3. The first-order chi connectivity index (χ1) is 7.54. The van der Waals surface area contributed by atoms with Gasteiger partial charge in [-0.25, -0.2) is 0 Å². The number of nitrogens with two attached hydrogens (primary N) is 1. The number of benzene rings is 1. The van der Waals surface area contributed by atoms with Crippen LogP contribution >= 0.6 is 23.2 Å². The molecule has 1 amide bonds. The summed E-state index contributed by atoms with van der Waals surface area (Å²) in [5, 5.41) is 6.33. The third-order valence-corrected chi connectivity index (χ3v) is 2.63. The minimum absolute atomic E-state index is 0.104. The van der Waals surface area contributed by atoms with Crippen molar-refractivity contribution in [3.63, 3.8) is 0 Å². The molecule has 0 fully saturated rings. The van der Waals surface area contributed by atoms with Crippen molar-refractivity contribution in [1.82, 2.24) is 5.32 Å². The van der Waals surface area contributed by atoms with E-state index in [1.165, 1.54) is 0 Å². The maximum atomic E-state index is 11.2. The van der Waals surface area contributed by atoms with E-state index in [0.717, 1.165) is 0 Å². The van der Waals surface area contributed by atoms with E-state index in [9.17, 15) is 4.79 Å². The van der Waals surface area contributed by atoms with Gasteiger partial charge in [-0.2, -0.15) is 0 Å². The summed E-state index contributed by atoms with van der Waals surface area (Å²) in [6.45, 7) is 2.60. The zero-order valence-corrected chi connectivity index (χ0v) is 10.3. The first-order valence-electron chi connectivity index (χ1n) is 4.79. The standard InChI is InChI=1S/C10H13Cl2N3O/c1-2-14-10(16)5-15-9-4-7(12)6(11)3-8(9)13/h3-4,15H,2,5,13H2,1H3,(H,14,16). The van der Waals surface area contributed by atoms with Crippen LogP contribution in [0, 0.1) is 0 Å². The zero-order chi connectivity index (χ0) is 12.1. The number of likely N-dealkylation sites (N-methyl/N-ethyl adjacent to an activating group) is 1. The Kier molecular flexibility index (Phi) is 4.71. The Morgan fingerprint density at radius 2 is 2.00 bits per heavy atom. The molecule has 0 aliphatic carbocycles. The quantitative estimate of drug-likeness (QED) is 0.728. The molecule has 4 nitrogen and oxygen atoms in total. The smallest absolute Gasteiger partial charge is 0.239 e. The summed E-state index contributed by atoms with van der Waals surface area (Å²) < 4.78 is 0. The summed E-state index contributed by atoms with van der Waals surface area (Å²) in [5.74, 6) is -0.104. The summed E-state index contributed by atoms with van der Waals surface area (Å²) >= 11 is 11.6. The number of anilines is 2. The normalized spacial score (nSPS) is 9.94. The molecule has 88 valence electrons. The molecule has 1 aromatic carbocycles. The van der Waals surface area contributed by atoms with E-state index in [-0.39, 0.29) is 12.5 Å². The average molecular weight is 262 g/mol. The van der Waals surface area contributed by atoms with E-state index >= 15 is 0 Å². The van der Waals surface area contributed by atoms with Gasteiger partial charge in [-0.1, -0.05) is 23.2 Å². The molecule has 0 aliphatic heterocycles. The van der Waals surface area contributed by atoms with Crippen molar-refractivity contribution in [3.05, 3.63) is 22.2 Å². The highest BCUT2D eigenvalue weighted by atomic mass is 35.5. The van der Waals surface area contributed by atoms with E-state index in [1.807, 2.05) is 6.92 Å². The first-order valence-corrected chi connectivity index (χ1v) is 5.55. The third-order valence-electron chi connectivity index (χ3n) is 1.91. The van der Waals surface area contributed by atoms with Crippen molar-refractivity contribution in [2.45, 2.75) is 6.92 Å². The SMILES string of the molecule is CCNC(=O)CNc1cc(Cl)c(Cl)cc1N. The Morgan fingerprint density at radius 1 is 1.38 bits per heavy atom. The maximum absolute atomic E-state index is 11.2. The number of carbonyl (C=O) groups is 1. The molecule has 4 N–H and O–H groups in total. The van der Waals surface area contributed by atoms with Gasteiger partial charge in [-0.3, -0.25) is 4.79 Å². The van der Waals surface area contributed by atoms with Crippen LogP contribution in [0.1, 0.15) is 6.92 Å². The van der Waals surface area contributed by atoms with Crippen LogP contribution in [0.5, 0.6) is 0 Å². The largest absolute Gasteiger partial charge is 0.397 e. The van der Waals surface area contributed by atoms with Gasteiger partial charge in [0.2, 0.25) is 5.91 Å². The van der Waals surface area contributed by atoms with Crippen molar-refractivity contribution in [2.24, 2.45) is 0 Å². The van der Waals surface area contributed by atoms with E-state index in [1.54, 1.807) is 12.1 Å². The molecule has 0 spiro atoms. The van der Waals surface area contributed by atoms with Gasteiger partial charge in [0.05, 0.1) is 28.0 Å². The summed E-state index contributed by atoms with van der Waals surface area (Å²) in [6, 6.07) is 3.14. The van der Waals surface area contributed by atoms with Crippen LogP contribution in [-0.4, -0.2) is 19.0 Å². The van der Waals surface area contributed by atoms with Crippen LogP contribution in [0.25, 0.3) is 0 Å². The van der Waals surface area contributed by atoms with Crippen LogP contribution in [0.4, 0.5) is 11.4 Å². The molecule has 16 heavy (non-hydrogen) atoms. The van der Waals surface area contributed by atoms with Crippen LogP contribution in [0.3, 0.4) is 0 Å². The van der Waals surface area contributed by atoms with E-state index in [0.29, 0.717) is 28.0 Å². The second-order valence-electron chi connectivity index (χ2n) is 3.16. The second kappa shape index (κ2) is 5.82. The fourth-order valence-electron chi connectivity index (χ4n) is 1.15. The molecule has 0 unspecified atom stereocenters. The van der Waals surface area contributed by atoms with Crippen molar-refractivity contribution in [2.75, 3.05) is 24.1 Å².